The minimum atomic E-state index is -0.414. The van der Waals surface area contributed by atoms with Gasteiger partial charge in [0.1, 0.15) is 19.2 Å². The van der Waals surface area contributed by atoms with E-state index in [-0.39, 0.29) is 12.5 Å². The minimum absolute atomic E-state index is 0.0894. The number of rotatable bonds is 22. The second-order valence-corrected chi connectivity index (χ2v) is 9.51. The summed E-state index contributed by atoms with van der Waals surface area (Å²) in [4.78, 5) is 12.0. The van der Waals surface area contributed by atoms with E-state index in [2.05, 4.69) is 24.4 Å². The molecule has 0 spiro atoms. The maximum atomic E-state index is 12.0. The van der Waals surface area contributed by atoms with E-state index in [4.69, 9.17) is 0 Å². The zero-order valence-corrected chi connectivity index (χ0v) is 20.9. The molecule has 0 aromatic carbocycles. The molecule has 1 amide bonds. The number of aliphatic hydroxyl groups is 2. The average Bonchev–Trinajstić information content (AvgIpc) is 2.70. The fourth-order valence-corrected chi connectivity index (χ4v) is 4.08. The summed E-state index contributed by atoms with van der Waals surface area (Å²) in [6, 6.07) is 0. The molecule has 0 saturated heterocycles. The Morgan fingerprint density at radius 3 is 2.00 bits per heavy atom. The van der Waals surface area contributed by atoms with Gasteiger partial charge < -0.3 is 20.0 Å². The molecular formula is C26H53N2O3+. The van der Waals surface area contributed by atoms with Crippen LogP contribution in [0.2, 0.25) is 0 Å². The number of carbonyl (C=O) groups excluding carboxylic acids is 1. The fraction of sp³-hybridized carbons (Fsp3) is 0.885. The summed E-state index contributed by atoms with van der Waals surface area (Å²) in [6.45, 7) is 6.61. The standard InChI is InChI=1S/C26H52N2O3/c1-4-5-6-7-8-9-10-11-12-13-14-15-16-17-18-19-26(31)27-20-21-28(3,22-23-29)24-25(2)30/h11-12,25,29-30H,4-10,13-24H2,1-3H3/p+1/b12-11+. The number of nitrogens with one attached hydrogen (secondary N) is 1. The minimum Gasteiger partial charge on any atom is -0.391 e. The van der Waals surface area contributed by atoms with Crippen molar-refractivity contribution in [2.75, 3.05) is 39.8 Å². The number of aliphatic hydroxyl groups excluding tert-OH is 2. The Morgan fingerprint density at radius 2 is 1.45 bits per heavy atom. The molecule has 31 heavy (non-hydrogen) atoms. The van der Waals surface area contributed by atoms with Crippen LogP contribution >= 0.6 is 0 Å². The topological polar surface area (TPSA) is 69.6 Å². The molecule has 0 bridgehead atoms. The van der Waals surface area contributed by atoms with Gasteiger partial charge in [-0.15, -0.1) is 0 Å². The van der Waals surface area contributed by atoms with Crippen molar-refractivity contribution >= 4 is 5.91 Å². The number of hydrogen-bond donors (Lipinski definition) is 3. The third-order valence-corrected chi connectivity index (χ3v) is 5.98. The van der Waals surface area contributed by atoms with Crippen LogP contribution in [0.1, 0.15) is 104 Å². The van der Waals surface area contributed by atoms with Gasteiger partial charge in [-0.25, -0.2) is 0 Å². The quantitative estimate of drug-likeness (QED) is 0.126. The maximum Gasteiger partial charge on any atom is 0.220 e. The van der Waals surface area contributed by atoms with Gasteiger partial charge in [0.15, 0.2) is 0 Å². The molecule has 0 rings (SSSR count). The second-order valence-electron chi connectivity index (χ2n) is 9.51. The molecule has 5 nitrogen and oxygen atoms in total. The van der Waals surface area contributed by atoms with Gasteiger partial charge in [0.2, 0.25) is 5.91 Å². The number of quaternary nitrogens is 1. The van der Waals surface area contributed by atoms with Crippen molar-refractivity contribution < 1.29 is 19.5 Å². The Bertz CT molecular complexity index is 440. The Morgan fingerprint density at radius 1 is 0.903 bits per heavy atom. The lowest BCUT2D eigenvalue weighted by Crippen LogP contribution is -2.53. The first-order valence-corrected chi connectivity index (χ1v) is 13.0. The Kier molecular flexibility index (Phi) is 20.3. The third kappa shape index (κ3) is 20.7. The van der Waals surface area contributed by atoms with E-state index in [0.29, 0.717) is 30.5 Å². The Balaban J connectivity index is 3.54. The monoisotopic (exact) mass is 441 g/mol. The van der Waals surface area contributed by atoms with E-state index >= 15 is 0 Å². The van der Waals surface area contributed by atoms with Crippen molar-refractivity contribution in [3.8, 4) is 0 Å². The highest BCUT2D eigenvalue weighted by molar-refractivity contribution is 5.75. The SMILES string of the molecule is CCCCCCCC/C=C/CCCCCCCC(=O)NCC[N+](C)(CCO)CC(C)O. The molecule has 2 atom stereocenters. The highest BCUT2D eigenvalue weighted by atomic mass is 16.3. The molecule has 3 N–H and O–H groups in total. The summed E-state index contributed by atoms with van der Waals surface area (Å²) in [5, 5.41) is 21.9. The second kappa shape index (κ2) is 21.0. The zero-order chi connectivity index (χ0) is 23.2. The van der Waals surface area contributed by atoms with Crippen LogP contribution in [-0.4, -0.2) is 66.5 Å². The van der Waals surface area contributed by atoms with Crippen LogP contribution in [0.25, 0.3) is 0 Å². The first kappa shape index (κ1) is 30.1. The predicted molar refractivity (Wildman–Crippen MR) is 132 cm³/mol. The van der Waals surface area contributed by atoms with Crippen LogP contribution in [-0.2, 0) is 4.79 Å². The smallest absolute Gasteiger partial charge is 0.220 e. The molecule has 5 heteroatoms. The summed E-state index contributed by atoms with van der Waals surface area (Å²) >= 11 is 0. The van der Waals surface area contributed by atoms with Crippen molar-refractivity contribution in [3.63, 3.8) is 0 Å². The van der Waals surface area contributed by atoms with Gasteiger partial charge in [-0.05, 0) is 39.0 Å². The largest absolute Gasteiger partial charge is 0.391 e. The number of carbonyl (C=O) groups is 1. The van der Waals surface area contributed by atoms with Crippen LogP contribution in [0.3, 0.4) is 0 Å². The molecule has 0 fully saturated rings. The number of unbranched alkanes of at least 4 members (excludes halogenated alkanes) is 11. The van der Waals surface area contributed by atoms with Crippen LogP contribution in [0.4, 0.5) is 0 Å². The van der Waals surface area contributed by atoms with E-state index in [1.165, 1.54) is 70.6 Å². The zero-order valence-electron chi connectivity index (χ0n) is 20.9. The van der Waals surface area contributed by atoms with Crippen molar-refractivity contribution in [3.05, 3.63) is 12.2 Å². The van der Waals surface area contributed by atoms with Crippen LogP contribution in [0.15, 0.2) is 12.2 Å². The van der Waals surface area contributed by atoms with E-state index in [0.717, 1.165) is 19.4 Å². The van der Waals surface area contributed by atoms with Gasteiger partial charge in [0.05, 0.1) is 26.7 Å². The van der Waals surface area contributed by atoms with Gasteiger partial charge in [0.25, 0.3) is 0 Å². The average molecular weight is 442 g/mol. The first-order chi connectivity index (χ1) is 14.9. The van der Waals surface area contributed by atoms with E-state index in [1.807, 2.05) is 7.05 Å². The van der Waals surface area contributed by atoms with Crippen LogP contribution in [0.5, 0.6) is 0 Å². The lowest BCUT2D eigenvalue weighted by atomic mass is 10.1. The normalized spacial score (nSPS) is 14.6. The Hall–Kier alpha value is -0.910. The molecule has 0 aliphatic rings. The molecular weight excluding hydrogens is 388 g/mol. The van der Waals surface area contributed by atoms with Crippen molar-refractivity contribution in [1.82, 2.24) is 5.32 Å². The van der Waals surface area contributed by atoms with E-state index < -0.39 is 6.10 Å². The van der Waals surface area contributed by atoms with Crippen molar-refractivity contribution in [2.24, 2.45) is 0 Å². The highest BCUT2D eigenvalue weighted by Gasteiger charge is 2.23. The maximum absolute atomic E-state index is 12.0. The number of allylic oxidation sites excluding steroid dienone is 2. The molecule has 0 aliphatic heterocycles. The molecule has 184 valence electrons. The summed E-state index contributed by atoms with van der Waals surface area (Å²) in [7, 11) is 2.01. The van der Waals surface area contributed by atoms with Crippen LogP contribution < -0.4 is 5.32 Å². The molecule has 0 saturated carbocycles. The highest BCUT2D eigenvalue weighted by Crippen LogP contribution is 2.10. The summed E-state index contributed by atoms with van der Waals surface area (Å²) in [5.41, 5.74) is 0. The van der Waals surface area contributed by atoms with Crippen LogP contribution in [0, 0.1) is 0 Å². The van der Waals surface area contributed by atoms with Gasteiger partial charge in [-0.3, -0.25) is 4.79 Å². The van der Waals surface area contributed by atoms with Crippen molar-refractivity contribution in [1.29, 1.82) is 0 Å². The fourth-order valence-electron chi connectivity index (χ4n) is 4.08. The van der Waals surface area contributed by atoms with Gasteiger partial charge >= 0.3 is 0 Å². The molecule has 2 unspecified atom stereocenters. The number of amides is 1. The first-order valence-electron chi connectivity index (χ1n) is 13.0. The van der Waals surface area contributed by atoms with Gasteiger partial charge in [0, 0.05) is 6.42 Å². The molecule has 0 aromatic rings. The third-order valence-electron chi connectivity index (χ3n) is 5.98. The Labute approximate surface area is 192 Å². The molecule has 0 aromatic heterocycles. The van der Waals surface area contributed by atoms with Gasteiger partial charge in [-0.2, -0.15) is 0 Å². The molecule has 0 aliphatic carbocycles. The lowest BCUT2D eigenvalue weighted by Gasteiger charge is -2.35. The summed E-state index contributed by atoms with van der Waals surface area (Å²) < 4.78 is 0.571. The molecule has 0 heterocycles. The predicted octanol–water partition coefficient (Wildman–Crippen LogP) is 4.96. The number of hydrogen-bond acceptors (Lipinski definition) is 3. The van der Waals surface area contributed by atoms with Gasteiger partial charge in [-0.1, -0.05) is 70.4 Å². The van der Waals surface area contributed by atoms with E-state index in [9.17, 15) is 15.0 Å². The number of nitrogens with zero attached hydrogens (tertiary/aromatic N) is 1. The van der Waals surface area contributed by atoms with E-state index in [1.54, 1.807) is 6.92 Å². The lowest BCUT2D eigenvalue weighted by molar-refractivity contribution is -0.911. The van der Waals surface area contributed by atoms with Crippen molar-refractivity contribution in [2.45, 2.75) is 110 Å². The number of likely N-dealkylation sites (N-methyl/N-ethyl adjacent to an activating group) is 1. The molecule has 0 radical (unpaired) electrons. The summed E-state index contributed by atoms with van der Waals surface area (Å²) in [6.07, 6.45) is 21.3. The summed E-state index contributed by atoms with van der Waals surface area (Å²) in [5.74, 6) is 0.116.